The molecule has 15 heavy (non-hydrogen) atoms. The zero-order valence-corrected chi connectivity index (χ0v) is 9.49. The van der Waals surface area contributed by atoms with Gasteiger partial charge in [-0.3, -0.25) is 0 Å². The summed E-state index contributed by atoms with van der Waals surface area (Å²) in [5.74, 6) is 1.04. The summed E-state index contributed by atoms with van der Waals surface area (Å²) in [6, 6.07) is 0. The van der Waals surface area contributed by atoms with Gasteiger partial charge in [-0.1, -0.05) is 12.2 Å². The maximum Gasteiger partial charge on any atom is 0.122 e. The van der Waals surface area contributed by atoms with Gasteiger partial charge in [-0.25, -0.2) is 4.98 Å². The van der Waals surface area contributed by atoms with E-state index in [-0.39, 0.29) is 0 Å². The molecule has 1 aromatic heterocycles. The van der Waals surface area contributed by atoms with Crippen molar-refractivity contribution in [3.63, 3.8) is 0 Å². The van der Waals surface area contributed by atoms with Crippen molar-refractivity contribution >= 4 is 0 Å². The van der Waals surface area contributed by atoms with Crippen LogP contribution >= 0.6 is 0 Å². The summed E-state index contributed by atoms with van der Waals surface area (Å²) < 4.78 is 7.36. The smallest absolute Gasteiger partial charge is 0.122 e. The average molecular weight is 209 g/mol. The van der Waals surface area contributed by atoms with Crippen LogP contribution in [0.5, 0.6) is 0 Å². The van der Waals surface area contributed by atoms with Crippen molar-refractivity contribution in [2.24, 2.45) is 7.05 Å². The molecule has 0 amide bonds. The van der Waals surface area contributed by atoms with E-state index in [9.17, 15) is 0 Å². The fourth-order valence-corrected chi connectivity index (χ4v) is 1.16. The zero-order chi connectivity index (χ0) is 11.1. The molecule has 1 heterocycles. The van der Waals surface area contributed by atoms with Crippen LogP contribution in [-0.2, 0) is 18.3 Å². The Bertz CT molecular complexity index is 307. The summed E-state index contributed by atoms with van der Waals surface area (Å²) in [6.07, 6.45) is 3.74. The van der Waals surface area contributed by atoms with Gasteiger partial charge >= 0.3 is 0 Å². The fraction of sp³-hybridized carbons (Fsp3) is 0.545. The number of aryl methyl sites for hydroxylation is 1. The number of ether oxygens (including phenoxy) is 1. The van der Waals surface area contributed by atoms with E-state index in [4.69, 9.17) is 4.74 Å². The van der Waals surface area contributed by atoms with Crippen molar-refractivity contribution < 1.29 is 4.74 Å². The second kappa shape index (κ2) is 6.37. The van der Waals surface area contributed by atoms with E-state index in [2.05, 4.69) is 16.9 Å². The monoisotopic (exact) mass is 209 g/mol. The van der Waals surface area contributed by atoms with E-state index in [0.29, 0.717) is 13.2 Å². The highest BCUT2D eigenvalue weighted by Gasteiger charge is 1.97. The van der Waals surface area contributed by atoms with E-state index >= 15 is 0 Å². The molecule has 1 aromatic rings. The molecular weight excluding hydrogens is 190 g/mol. The number of hydrogen-bond acceptors (Lipinski definition) is 3. The first kappa shape index (κ1) is 11.9. The highest BCUT2D eigenvalue weighted by Crippen LogP contribution is 1.92. The molecule has 0 aliphatic carbocycles. The SMILES string of the molecule is C=C(C)COCCNCc1nccn1C. The number of aromatic nitrogens is 2. The number of nitrogens with one attached hydrogen (secondary N) is 1. The van der Waals surface area contributed by atoms with E-state index in [0.717, 1.165) is 24.5 Å². The minimum absolute atomic E-state index is 0.643. The third-order valence-corrected chi connectivity index (χ3v) is 1.98. The lowest BCUT2D eigenvalue weighted by atomic mass is 10.4. The molecule has 0 radical (unpaired) electrons. The molecule has 0 bridgehead atoms. The summed E-state index contributed by atoms with van der Waals surface area (Å²) in [7, 11) is 1.99. The number of rotatable bonds is 7. The minimum Gasteiger partial charge on any atom is -0.376 e. The van der Waals surface area contributed by atoms with Crippen LogP contribution < -0.4 is 5.32 Å². The predicted molar refractivity (Wildman–Crippen MR) is 60.5 cm³/mol. The van der Waals surface area contributed by atoms with Crippen molar-refractivity contribution in [2.75, 3.05) is 19.8 Å². The maximum atomic E-state index is 5.36. The number of nitrogens with zero attached hydrogens (tertiary/aromatic N) is 2. The minimum atomic E-state index is 0.643. The van der Waals surface area contributed by atoms with Crippen LogP contribution in [0.2, 0.25) is 0 Å². The second-order valence-electron chi connectivity index (χ2n) is 3.64. The highest BCUT2D eigenvalue weighted by molar-refractivity contribution is 4.90. The van der Waals surface area contributed by atoms with Gasteiger partial charge in [-0.05, 0) is 6.92 Å². The van der Waals surface area contributed by atoms with E-state index in [1.807, 2.05) is 24.7 Å². The van der Waals surface area contributed by atoms with Crippen LogP contribution in [0.1, 0.15) is 12.7 Å². The Morgan fingerprint density at radius 1 is 1.67 bits per heavy atom. The average Bonchev–Trinajstić information content (AvgIpc) is 2.57. The third kappa shape index (κ3) is 4.76. The Kier molecular flexibility index (Phi) is 5.07. The van der Waals surface area contributed by atoms with Gasteiger partial charge in [-0.15, -0.1) is 0 Å². The van der Waals surface area contributed by atoms with Crippen molar-refractivity contribution in [1.82, 2.24) is 14.9 Å². The Hall–Kier alpha value is -1.13. The molecule has 0 atom stereocenters. The molecule has 4 nitrogen and oxygen atoms in total. The van der Waals surface area contributed by atoms with Crippen LogP contribution in [-0.4, -0.2) is 29.3 Å². The maximum absolute atomic E-state index is 5.36. The molecule has 0 spiro atoms. The summed E-state index contributed by atoms with van der Waals surface area (Å²) >= 11 is 0. The molecule has 0 aliphatic rings. The van der Waals surface area contributed by atoms with E-state index in [1.54, 1.807) is 6.20 Å². The van der Waals surface area contributed by atoms with E-state index in [1.165, 1.54) is 0 Å². The first-order chi connectivity index (χ1) is 7.20. The quantitative estimate of drug-likeness (QED) is 0.540. The van der Waals surface area contributed by atoms with Gasteiger partial charge in [0, 0.05) is 26.0 Å². The Balaban J connectivity index is 2.03. The Morgan fingerprint density at radius 2 is 2.47 bits per heavy atom. The Morgan fingerprint density at radius 3 is 3.07 bits per heavy atom. The highest BCUT2D eigenvalue weighted by atomic mass is 16.5. The molecule has 0 fully saturated rings. The van der Waals surface area contributed by atoms with Crippen molar-refractivity contribution in [1.29, 1.82) is 0 Å². The van der Waals surface area contributed by atoms with Crippen LogP contribution in [0.3, 0.4) is 0 Å². The Labute approximate surface area is 91.0 Å². The summed E-state index contributed by atoms with van der Waals surface area (Å²) in [5.41, 5.74) is 1.05. The molecule has 0 saturated carbocycles. The van der Waals surface area contributed by atoms with E-state index < -0.39 is 0 Å². The van der Waals surface area contributed by atoms with Gasteiger partial charge in [0.15, 0.2) is 0 Å². The van der Waals surface area contributed by atoms with Crippen molar-refractivity contribution in [2.45, 2.75) is 13.5 Å². The molecule has 0 unspecified atom stereocenters. The number of hydrogen-bond donors (Lipinski definition) is 1. The summed E-state index contributed by atoms with van der Waals surface area (Å²) in [6.45, 7) is 8.69. The topological polar surface area (TPSA) is 39.1 Å². The van der Waals surface area contributed by atoms with Crippen LogP contribution in [0, 0.1) is 0 Å². The third-order valence-electron chi connectivity index (χ3n) is 1.98. The van der Waals surface area contributed by atoms with Gasteiger partial charge in [-0.2, -0.15) is 0 Å². The lowest BCUT2D eigenvalue weighted by Crippen LogP contribution is -2.21. The lowest BCUT2D eigenvalue weighted by Gasteiger charge is -2.06. The van der Waals surface area contributed by atoms with Gasteiger partial charge in [0.2, 0.25) is 0 Å². The number of imidazole rings is 1. The first-order valence-corrected chi connectivity index (χ1v) is 5.09. The molecule has 84 valence electrons. The van der Waals surface area contributed by atoms with Gasteiger partial charge in [0.1, 0.15) is 5.82 Å². The molecular formula is C11H19N3O. The molecule has 4 heteroatoms. The predicted octanol–water partition coefficient (Wildman–Crippen LogP) is 1.10. The summed E-state index contributed by atoms with van der Waals surface area (Å²) in [4.78, 5) is 4.21. The molecule has 0 aliphatic heterocycles. The van der Waals surface area contributed by atoms with Crippen molar-refractivity contribution in [3.05, 3.63) is 30.4 Å². The van der Waals surface area contributed by atoms with Gasteiger partial charge < -0.3 is 14.6 Å². The van der Waals surface area contributed by atoms with Gasteiger partial charge in [0.25, 0.3) is 0 Å². The van der Waals surface area contributed by atoms with Gasteiger partial charge in [0.05, 0.1) is 19.8 Å². The molecule has 0 saturated heterocycles. The van der Waals surface area contributed by atoms with Crippen LogP contribution in [0.15, 0.2) is 24.5 Å². The largest absolute Gasteiger partial charge is 0.376 e. The van der Waals surface area contributed by atoms with Crippen LogP contribution in [0.25, 0.3) is 0 Å². The summed E-state index contributed by atoms with van der Waals surface area (Å²) in [5, 5.41) is 3.26. The first-order valence-electron chi connectivity index (χ1n) is 5.09. The standard InChI is InChI=1S/C11H19N3O/c1-10(2)9-15-7-5-12-8-11-13-4-6-14(11)3/h4,6,12H,1,5,7-9H2,2-3H3. The second-order valence-corrected chi connectivity index (χ2v) is 3.64. The van der Waals surface area contributed by atoms with Crippen molar-refractivity contribution in [3.8, 4) is 0 Å². The molecule has 1 N–H and O–H groups in total. The molecule has 1 rings (SSSR count). The lowest BCUT2D eigenvalue weighted by molar-refractivity contribution is 0.157. The fourth-order valence-electron chi connectivity index (χ4n) is 1.16. The normalized spacial score (nSPS) is 10.5. The van der Waals surface area contributed by atoms with Crippen LogP contribution in [0.4, 0.5) is 0 Å². The zero-order valence-electron chi connectivity index (χ0n) is 9.49. The molecule has 0 aromatic carbocycles.